The first-order chi connectivity index (χ1) is 13.1. The fourth-order valence-electron chi connectivity index (χ4n) is 4.04. The number of amides is 2. The molecule has 0 spiro atoms. The van der Waals surface area contributed by atoms with Gasteiger partial charge in [-0.05, 0) is 44.7 Å². The zero-order valence-corrected chi connectivity index (χ0v) is 15.9. The Morgan fingerprint density at radius 2 is 1.93 bits per heavy atom. The quantitative estimate of drug-likeness (QED) is 0.798. The van der Waals surface area contributed by atoms with E-state index in [2.05, 4.69) is 5.32 Å². The Morgan fingerprint density at radius 1 is 1.22 bits per heavy atom. The lowest BCUT2D eigenvalue weighted by Gasteiger charge is -2.38. The maximum Gasteiger partial charge on any atom is 0.331 e. The molecule has 2 fully saturated rings. The molecule has 27 heavy (non-hydrogen) atoms. The number of esters is 1. The number of piperidine rings is 1. The van der Waals surface area contributed by atoms with E-state index in [1.807, 2.05) is 0 Å². The normalized spacial score (nSPS) is 20.1. The van der Waals surface area contributed by atoms with Crippen LogP contribution < -0.4 is 5.32 Å². The van der Waals surface area contributed by atoms with Crippen molar-refractivity contribution in [3.8, 4) is 0 Å². The predicted octanol–water partition coefficient (Wildman–Crippen LogP) is 2.51. The van der Waals surface area contributed by atoms with Crippen LogP contribution >= 0.6 is 0 Å². The van der Waals surface area contributed by atoms with E-state index in [4.69, 9.17) is 9.15 Å². The lowest BCUT2D eigenvalue weighted by molar-refractivity contribution is -0.155. The number of hydrogen-bond acceptors (Lipinski definition) is 5. The summed E-state index contributed by atoms with van der Waals surface area (Å²) in [5.41, 5.74) is -0.882. The minimum atomic E-state index is -0.882. The fraction of sp³-hybridized carbons (Fsp3) is 0.650. The molecule has 1 aliphatic carbocycles. The second-order valence-electron chi connectivity index (χ2n) is 7.40. The number of nitrogens with zero attached hydrogens (tertiary/aromatic N) is 1. The zero-order chi connectivity index (χ0) is 19.3. The number of hydrogen-bond donors (Lipinski definition) is 1. The second kappa shape index (κ2) is 8.59. The average Bonchev–Trinajstić information content (AvgIpc) is 3.23. The van der Waals surface area contributed by atoms with Gasteiger partial charge in [0.25, 0.3) is 5.91 Å². The van der Waals surface area contributed by atoms with Gasteiger partial charge in [0.15, 0.2) is 5.76 Å². The van der Waals surface area contributed by atoms with E-state index in [0.29, 0.717) is 51.1 Å². The number of ether oxygens (including phenoxy) is 1. The van der Waals surface area contributed by atoms with E-state index in [1.165, 1.54) is 6.26 Å². The second-order valence-corrected chi connectivity index (χ2v) is 7.40. The SMILES string of the molecule is CCOC(=O)C1(NC(=O)C2CCN(C(=O)c3ccco3)CC2)CCCCC1. The zero-order valence-electron chi connectivity index (χ0n) is 15.9. The molecule has 2 heterocycles. The van der Waals surface area contributed by atoms with Gasteiger partial charge in [-0.1, -0.05) is 19.3 Å². The number of rotatable bonds is 5. The molecule has 3 rings (SSSR count). The summed E-state index contributed by atoms with van der Waals surface area (Å²) in [7, 11) is 0. The minimum Gasteiger partial charge on any atom is -0.464 e. The van der Waals surface area contributed by atoms with Gasteiger partial charge in [0.05, 0.1) is 12.9 Å². The molecule has 7 heteroatoms. The van der Waals surface area contributed by atoms with Crippen LogP contribution in [0.5, 0.6) is 0 Å². The lowest BCUT2D eigenvalue weighted by atomic mass is 9.80. The molecule has 0 aromatic carbocycles. The Bertz CT molecular complexity index is 656. The highest BCUT2D eigenvalue weighted by Crippen LogP contribution is 2.31. The van der Waals surface area contributed by atoms with E-state index < -0.39 is 5.54 Å². The Hall–Kier alpha value is -2.31. The maximum absolute atomic E-state index is 12.8. The lowest BCUT2D eigenvalue weighted by Crippen LogP contribution is -2.58. The first-order valence-corrected chi connectivity index (χ1v) is 9.88. The summed E-state index contributed by atoms with van der Waals surface area (Å²) in [5.74, 6) is -0.437. The molecule has 1 saturated heterocycles. The topological polar surface area (TPSA) is 88.9 Å². The highest BCUT2D eigenvalue weighted by atomic mass is 16.5. The van der Waals surface area contributed by atoms with Crippen LogP contribution in [0.25, 0.3) is 0 Å². The van der Waals surface area contributed by atoms with Crippen LogP contribution in [0.4, 0.5) is 0 Å². The standard InChI is InChI=1S/C20H28N2O5/c1-2-26-19(25)20(10-4-3-5-11-20)21-17(23)15-8-12-22(13-9-15)18(24)16-7-6-14-27-16/h6-7,14-15H,2-5,8-13H2,1H3,(H,21,23). The van der Waals surface area contributed by atoms with Crippen molar-refractivity contribution in [3.05, 3.63) is 24.2 Å². The smallest absolute Gasteiger partial charge is 0.331 e. The number of nitrogens with one attached hydrogen (secondary N) is 1. The van der Waals surface area contributed by atoms with Crippen LogP contribution in [0.15, 0.2) is 22.8 Å². The van der Waals surface area contributed by atoms with Gasteiger partial charge in [0.1, 0.15) is 5.54 Å². The third-order valence-corrected chi connectivity index (χ3v) is 5.62. The van der Waals surface area contributed by atoms with Crippen molar-refractivity contribution in [2.45, 2.75) is 57.4 Å². The van der Waals surface area contributed by atoms with E-state index in [0.717, 1.165) is 19.3 Å². The molecular weight excluding hydrogens is 348 g/mol. The van der Waals surface area contributed by atoms with E-state index in [1.54, 1.807) is 24.0 Å². The highest BCUT2D eigenvalue weighted by molar-refractivity contribution is 5.92. The first-order valence-electron chi connectivity index (χ1n) is 9.88. The summed E-state index contributed by atoms with van der Waals surface area (Å²) >= 11 is 0. The third-order valence-electron chi connectivity index (χ3n) is 5.62. The summed E-state index contributed by atoms with van der Waals surface area (Å²) in [6.45, 7) is 3.10. The monoisotopic (exact) mass is 376 g/mol. The summed E-state index contributed by atoms with van der Waals surface area (Å²) in [4.78, 5) is 39.4. The molecule has 1 saturated carbocycles. The first kappa shape index (κ1) is 19.5. The van der Waals surface area contributed by atoms with Gasteiger partial charge in [-0.25, -0.2) is 4.79 Å². The fourth-order valence-corrected chi connectivity index (χ4v) is 4.04. The van der Waals surface area contributed by atoms with Crippen molar-refractivity contribution in [1.29, 1.82) is 0 Å². The summed E-state index contributed by atoms with van der Waals surface area (Å²) < 4.78 is 10.4. The van der Waals surface area contributed by atoms with Crippen molar-refractivity contribution in [1.82, 2.24) is 10.2 Å². The van der Waals surface area contributed by atoms with Gasteiger partial charge in [-0.3, -0.25) is 9.59 Å². The molecule has 0 bridgehead atoms. The van der Waals surface area contributed by atoms with Crippen molar-refractivity contribution in [2.24, 2.45) is 5.92 Å². The maximum atomic E-state index is 12.8. The van der Waals surface area contributed by atoms with Gasteiger partial charge in [0, 0.05) is 19.0 Å². The van der Waals surface area contributed by atoms with Crippen LogP contribution in [0.1, 0.15) is 62.4 Å². The van der Waals surface area contributed by atoms with Gasteiger partial charge in [-0.2, -0.15) is 0 Å². The summed E-state index contributed by atoms with van der Waals surface area (Å²) in [5, 5.41) is 3.02. The largest absolute Gasteiger partial charge is 0.464 e. The molecule has 1 aromatic rings. The molecule has 1 aromatic heterocycles. The molecule has 0 radical (unpaired) electrons. The van der Waals surface area contributed by atoms with Crippen molar-refractivity contribution < 1.29 is 23.5 Å². The molecule has 1 aliphatic heterocycles. The number of carbonyl (C=O) groups excluding carboxylic acids is 3. The molecule has 0 unspecified atom stereocenters. The molecule has 2 amide bonds. The number of carbonyl (C=O) groups is 3. The summed E-state index contributed by atoms with van der Waals surface area (Å²) in [6, 6.07) is 3.33. The third kappa shape index (κ3) is 4.34. The van der Waals surface area contributed by atoms with Gasteiger partial charge in [0.2, 0.25) is 5.91 Å². The Kier molecular flexibility index (Phi) is 6.19. The number of furan rings is 1. The summed E-state index contributed by atoms with van der Waals surface area (Å²) in [6.07, 6.45) is 6.80. The van der Waals surface area contributed by atoms with E-state index in [-0.39, 0.29) is 23.7 Å². The van der Waals surface area contributed by atoms with Crippen LogP contribution in [-0.4, -0.2) is 47.9 Å². The Balaban J connectivity index is 1.58. The van der Waals surface area contributed by atoms with Crippen LogP contribution in [-0.2, 0) is 14.3 Å². The molecule has 148 valence electrons. The van der Waals surface area contributed by atoms with Crippen molar-refractivity contribution in [2.75, 3.05) is 19.7 Å². The van der Waals surface area contributed by atoms with Gasteiger partial charge in [-0.15, -0.1) is 0 Å². The predicted molar refractivity (Wildman–Crippen MR) is 97.9 cm³/mol. The van der Waals surface area contributed by atoms with Gasteiger partial charge >= 0.3 is 5.97 Å². The van der Waals surface area contributed by atoms with Crippen LogP contribution in [0.3, 0.4) is 0 Å². The minimum absolute atomic E-state index is 0.102. The Labute approximate surface area is 159 Å². The van der Waals surface area contributed by atoms with Crippen LogP contribution in [0, 0.1) is 5.92 Å². The van der Waals surface area contributed by atoms with Crippen LogP contribution in [0.2, 0.25) is 0 Å². The number of likely N-dealkylation sites (tertiary alicyclic amines) is 1. The molecular formula is C20H28N2O5. The average molecular weight is 376 g/mol. The highest BCUT2D eigenvalue weighted by Gasteiger charge is 2.43. The van der Waals surface area contributed by atoms with Crippen molar-refractivity contribution in [3.63, 3.8) is 0 Å². The van der Waals surface area contributed by atoms with E-state index >= 15 is 0 Å². The molecule has 2 aliphatic rings. The Morgan fingerprint density at radius 3 is 2.52 bits per heavy atom. The molecule has 1 N–H and O–H groups in total. The van der Waals surface area contributed by atoms with Crippen molar-refractivity contribution >= 4 is 17.8 Å². The van der Waals surface area contributed by atoms with E-state index in [9.17, 15) is 14.4 Å². The molecule has 0 atom stereocenters. The molecule has 7 nitrogen and oxygen atoms in total. The van der Waals surface area contributed by atoms with Gasteiger partial charge < -0.3 is 19.4 Å².